The van der Waals surface area contributed by atoms with Crippen molar-refractivity contribution in [3.8, 4) is 5.75 Å². The zero-order valence-corrected chi connectivity index (χ0v) is 8.51. The Bertz CT molecular complexity index is 272. The van der Waals surface area contributed by atoms with Crippen LogP contribution in [0.2, 0.25) is 0 Å². The standard InChI is InChI=1S/C10H12O2S/c1-8(10(11)13-2)12-9-6-4-3-5-7-9/h3-8H,1-2H3. The molecule has 0 aromatic heterocycles. The van der Waals surface area contributed by atoms with E-state index in [1.165, 1.54) is 11.8 Å². The highest BCUT2D eigenvalue weighted by Crippen LogP contribution is 2.13. The zero-order valence-electron chi connectivity index (χ0n) is 7.69. The van der Waals surface area contributed by atoms with Crippen molar-refractivity contribution in [3.05, 3.63) is 30.3 Å². The summed E-state index contributed by atoms with van der Waals surface area (Å²) in [6.45, 7) is 1.76. The van der Waals surface area contributed by atoms with Gasteiger partial charge in [-0.3, -0.25) is 4.79 Å². The molecule has 13 heavy (non-hydrogen) atoms. The maximum atomic E-state index is 11.2. The summed E-state index contributed by atoms with van der Waals surface area (Å²) in [4.78, 5) is 11.2. The summed E-state index contributed by atoms with van der Waals surface area (Å²) in [7, 11) is 0. The third-order valence-corrected chi connectivity index (χ3v) is 2.32. The predicted molar refractivity (Wildman–Crippen MR) is 55.1 cm³/mol. The van der Waals surface area contributed by atoms with Crippen LogP contribution in [0.5, 0.6) is 5.75 Å². The Balaban J connectivity index is 2.55. The molecule has 0 bridgehead atoms. The molecule has 0 saturated carbocycles. The molecule has 0 aliphatic heterocycles. The Morgan fingerprint density at radius 3 is 2.54 bits per heavy atom. The summed E-state index contributed by atoms with van der Waals surface area (Å²) >= 11 is 1.19. The molecular formula is C10H12O2S. The quantitative estimate of drug-likeness (QED) is 0.742. The fourth-order valence-electron chi connectivity index (χ4n) is 0.917. The summed E-state index contributed by atoms with van der Waals surface area (Å²) in [5.74, 6) is 0.734. The lowest BCUT2D eigenvalue weighted by atomic mass is 10.3. The zero-order chi connectivity index (χ0) is 9.68. The van der Waals surface area contributed by atoms with E-state index >= 15 is 0 Å². The average molecular weight is 196 g/mol. The summed E-state index contributed by atoms with van der Waals surface area (Å²) in [6, 6.07) is 9.35. The molecule has 0 spiro atoms. The topological polar surface area (TPSA) is 26.3 Å². The van der Waals surface area contributed by atoms with Gasteiger partial charge >= 0.3 is 0 Å². The van der Waals surface area contributed by atoms with E-state index in [1.807, 2.05) is 30.3 Å². The van der Waals surface area contributed by atoms with Crippen LogP contribution < -0.4 is 4.74 Å². The van der Waals surface area contributed by atoms with E-state index in [0.717, 1.165) is 5.75 Å². The van der Waals surface area contributed by atoms with Gasteiger partial charge in [-0.25, -0.2) is 0 Å². The van der Waals surface area contributed by atoms with Gasteiger partial charge in [-0.1, -0.05) is 30.0 Å². The Morgan fingerprint density at radius 1 is 1.38 bits per heavy atom. The molecule has 0 radical (unpaired) electrons. The monoisotopic (exact) mass is 196 g/mol. The van der Waals surface area contributed by atoms with E-state index in [4.69, 9.17) is 4.74 Å². The normalized spacial score (nSPS) is 12.2. The van der Waals surface area contributed by atoms with Gasteiger partial charge in [0.15, 0.2) is 6.10 Å². The first-order chi connectivity index (χ1) is 6.24. The van der Waals surface area contributed by atoms with Gasteiger partial charge < -0.3 is 4.74 Å². The van der Waals surface area contributed by atoms with E-state index in [-0.39, 0.29) is 11.2 Å². The number of carbonyl (C=O) groups is 1. The first-order valence-corrected chi connectivity index (χ1v) is 5.26. The van der Waals surface area contributed by atoms with Crippen LogP contribution in [-0.2, 0) is 4.79 Å². The van der Waals surface area contributed by atoms with Crippen LogP contribution in [0.1, 0.15) is 6.92 Å². The largest absolute Gasteiger partial charge is 0.482 e. The van der Waals surface area contributed by atoms with Gasteiger partial charge in [0.2, 0.25) is 5.12 Å². The van der Waals surface area contributed by atoms with Crippen molar-refractivity contribution in [1.82, 2.24) is 0 Å². The van der Waals surface area contributed by atoms with E-state index in [2.05, 4.69) is 0 Å². The van der Waals surface area contributed by atoms with Gasteiger partial charge in [-0.15, -0.1) is 0 Å². The Hall–Kier alpha value is -0.960. The van der Waals surface area contributed by atoms with Gasteiger partial charge in [0, 0.05) is 0 Å². The summed E-state index contributed by atoms with van der Waals surface area (Å²) < 4.78 is 5.40. The fraction of sp³-hybridized carbons (Fsp3) is 0.300. The van der Waals surface area contributed by atoms with Crippen molar-refractivity contribution in [2.24, 2.45) is 0 Å². The molecule has 2 nitrogen and oxygen atoms in total. The molecule has 0 saturated heterocycles. The number of para-hydroxylation sites is 1. The van der Waals surface area contributed by atoms with Crippen LogP contribution in [0.3, 0.4) is 0 Å². The Labute approximate surface area is 82.3 Å². The Morgan fingerprint density at radius 2 is 2.00 bits per heavy atom. The van der Waals surface area contributed by atoms with Crippen molar-refractivity contribution < 1.29 is 9.53 Å². The molecule has 0 aliphatic carbocycles. The molecule has 70 valence electrons. The SMILES string of the molecule is CSC(=O)C(C)Oc1ccccc1. The molecule has 0 aliphatic rings. The lowest BCUT2D eigenvalue weighted by molar-refractivity contribution is -0.116. The van der Waals surface area contributed by atoms with Crippen LogP contribution in [0.4, 0.5) is 0 Å². The lowest BCUT2D eigenvalue weighted by Crippen LogP contribution is -2.20. The van der Waals surface area contributed by atoms with E-state index in [9.17, 15) is 4.79 Å². The number of benzene rings is 1. The Kier molecular flexibility index (Phi) is 3.83. The number of ether oxygens (including phenoxy) is 1. The molecule has 0 fully saturated rings. The first-order valence-electron chi connectivity index (χ1n) is 4.03. The smallest absolute Gasteiger partial charge is 0.228 e. The van der Waals surface area contributed by atoms with Gasteiger partial charge in [-0.05, 0) is 25.3 Å². The van der Waals surface area contributed by atoms with Crippen LogP contribution >= 0.6 is 11.8 Å². The molecule has 1 aromatic carbocycles. The maximum absolute atomic E-state index is 11.2. The predicted octanol–water partition coefficient (Wildman–Crippen LogP) is 2.34. The number of rotatable bonds is 3. The maximum Gasteiger partial charge on any atom is 0.228 e. The molecular weight excluding hydrogens is 184 g/mol. The van der Waals surface area contributed by atoms with Crippen LogP contribution in [0, 0.1) is 0 Å². The highest BCUT2D eigenvalue weighted by atomic mass is 32.2. The fourth-order valence-corrected chi connectivity index (χ4v) is 1.30. The van der Waals surface area contributed by atoms with Crippen molar-refractivity contribution in [1.29, 1.82) is 0 Å². The average Bonchev–Trinajstić information content (AvgIpc) is 2.18. The lowest BCUT2D eigenvalue weighted by Gasteiger charge is -2.11. The molecule has 0 amide bonds. The number of hydrogen-bond acceptors (Lipinski definition) is 3. The van der Waals surface area contributed by atoms with Crippen LogP contribution in [0.15, 0.2) is 30.3 Å². The van der Waals surface area contributed by atoms with Gasteiger partial charge in [-0.2, -0.15) is 0 Å². The molecule has 1 unspecified atom stereocenters. The second-order valence-electron chi connectivity index (χ2n) is 2.60. The van der Waals surface area contributed by atoms with E-state index in [0.29, 0.717) is 0 Å². The molecule has 1 atom stereocenters. The summed E-state index contributed by atoms with van der Waals surface area (Å²) in [5.41, 5.74) is 0. The van der Waals surface area contributed by atoms with Crippen molar-refractivity contribution in [2.45, 2.75) is 13.0 Å². The minimum absolute atomic E-state index is 0.0452. The van der Waals surface area contributed by atoms with Gasteiger partial charge in [0.1, 0.15) is 5.75 Å². The summed E-state index contributed by atoms with van der Waals surface area (Å²) in [6.07, 6.45) is 1.38. The van der Waals surface area contributed by atoms with Gasteiger partial charge in [0.05, 0.1) is 0 Å². The molecule has 0 N–H and O–H groups in total. The molecule has 0 heterocycles. The van der Waals surface area contributed by atoms with Crippen molar-refractivity contribution in [3.63, 3.8) is 0 Å². The highest BCUT2D eigenvalue weighted by Gasteiger charge is 2.12. The third kappa shape index (κ3) is 3.11. The summed E-state index contributed by atoms with van der Waals surface area (Å²) in [5, 5.41) is 0.0452. The second-order valence-corrected chi connectivity index (χ2v) is 3.41. The minimum atomic E-state index is -0.377. The number of hydrogen-bond donors (Lipinski definition) is 0. The third-order valence-electron chi connectivity index (χ3n) is 1.59. The van der Waals surface area contributed by atoms with Crippen LogP contribution in [0.25, 0.3) is 0 Å². The number of thioether (sulfide) groups is 1. The first kappa shape index (κ1) is 10.1. The molecule has 1 rings (SSSR count). The number of carbonyl (C=O) groups excluding carboxylic acids is 1. The molecule has 1 aromatic rings. The van der Waals surface area contributed by atoms with Crippen molar-refractivity contribution >= 4 is 16.9 Å². The minimum Gasteiger partial charge on any atom is -0.482 e. The van der Waals surface area contributed by atoms with E-state index < -0.39 is 0 Å². The van der Waals surface area contributed by atoms with Gasteiger partial charge in [0.25, 0.3) is 0 Å². The second kappa shape index (κ2) is 4.92. The van der Waals surface area contributed by atoms with E-state index in [1.54, 1.807) is 13.2 Å². The molecule has 3 heteroatoms. The van der Waals surface area contributed by atoms with Crippen molar-refractivity contribution in [2.75, 3.05) is 6.26 Å². The highest BCUT2D eigenvalue weighted by molar-refractivity contribution is 8.13. The van der Waals surface area contributed by atoms with Crippen LogP contribution in [-0.4, -0.2) is 17.5 Å².